The Morgan fingerprint density at radius 3 is 2.42 bits per heavy atom. The molecule has 0 bridgehead atoms. The molecule has 1 saturated heterocycles. The topological polar surface area (TPSA) is 103 Å². The van der Waals surface area contributed by atoms with Gasteiger partial charge < -0.3 is 9.47 Å². The Bertz CT molecular complexity index is 1160. The summed E-state index contributed by atoms with van der Waals surface area (Å²) in [5.74, 6) is 1.76. The Hall–Kier alpha value is -3.02. The third kappa shape index (κ3) is 3.99. The van der Waals surface area contributed by atoms with Gasteiger partial charge in [0.25, 0.3) is 0 Å². The van der Waals surface area contributed by atoms with E-state index in [0.29, 0.717) is 63.3 Å². The molecule has 10 nitrogen and oxygen atoms in total. The summed E-state index contributed by atoms with van der Waals surface area (Å²) in [5.41, 5.74) is 0.891. The summed E-state index contributed by atoms with van der Waals surface area (Å²) >= 11 is 0. The highest BCUT2D eigenvalue weighted by molar-refractivity contribution is 7.89. The monoisotopic (exact) mass is 442 g/mol. The number of rotatable bonds is 5. The average molecular weight is 443 g/mol. The van der Waals surface area contributed by atoms with Crippen LogP contribution >= 0.6 is 0 Å². The number of hydrogen-bond donors (Lipinski definition) is 0. The number of piperazine rings is 1. The molecule has 2 aromatic carbocycles. The smallest absolute Gasteiger partial charge is 0.243 e. The highest BCUT2D eigenvalue weighted by atomic mass is 32.2. The molecular weight excluding hydrogens is 420 g/mol. The minimum Gasteiger partial charge on any atom is -0.486 e. The fourth-order valence-electron chi connectivity index (χ4n) is 3.74. The van der Waals surface area contributed by atoms with E-state index in [1.165, 1.54) is 4.31 Å². The molecule has 0 saturated carbocycles. The molecule has 0 unspecified atom stereocenters. The maximum absolute atomic E-state index is 13.1. The lowest BCUT2D eigenvalue weighted by Gasteiger charge is -2.33. The molecule has 5 rings (SSSR count). The molecule has 0 aliphatic carbocycles. The normalized spacial score (nSPS) is 17.5. The SMILES string of the molecule is O=S(=O)(c1ccc2c(c1)OCCO2)N1CCN(Cc2nnnn2-c2ccccc2)CC1. The third-order valence-corrected chi connectivity index (χ3v) is 7.28. The van der Waals surface area contributed by atoms with Gasteiger partial charge in [0.05, 0.1) is 17.1 Å². The first-order valence-corrected chi connectivity index (χ1v) is 11.5. The Morgan fingerprint density at radius 2 is 1.65 bits per heavy atom. The van der Waals surface area contributed by atoms with E-state index >= 15 is 0 Å². The summed E-state index contributed by atoms with van der Waals surface area (Å²) in [6.07, 6.45) is 0. The lowest BCUT2D eigenvalue weighted by Crippen LogP contribution is -2.48. The van der Waals surface area contributed by atoms with Gasteiger partial charge in [-0.05, 0) is 34.7 Å². The quantitative estimate of drug-likeness (QED) is 0.575. The molecule has 162 valence electrons. The van der Waals surface area contributed by atoms with E-state index in [2.05, 4.69) is 20.4 Å². The number of fused-ring (bicyclic) bond motifs is 1. The minimum atomic E-state index is -3.61. The summed E-state index contributed by atoms with van der Waals surface area (Å²) in [5, 5.41) is 12.0. The first kappa shape index (κ1) is 19.9. The maximum atomic E-state index is 13.1. The van der Waals surface area contributed by atoms with Crippen molar-refractivity contribution in [3.05, 3.63) is 54.4 Å². The number of sulfonamides is 1. The minimum absolute atomic E-state index is 0.221. The fourth-order valence-corrected chi connectivity index (χ4v) is 5.17. The van der Waals surface area contributed by atoms with Crippen molar-refractivity contribution in [3.63, 3.8) is 0 Å². The van der Waals surface area contributed by atoms with Crippen molar-refractivity contribution in [3.8, 4) is 17.2 Å². The summed E-state index contributed by atoms with van der Waals surface area (Å²) in [4.78, 5) is 2.37. The Kier molecular flexibility index (Phi) is 5.30. The van der Waals surface area contributed by atoms with Crippen molar-refractivity contribution in [1.29, 1.82) is 0 Å². The van der Waals surface area contributed by atoms with E-state index in [1.807, 2.05) is 30.3 Å². The zero-order valence-electron chi connectivity index (χ0n) is 16.8. The van der Waals surface area contributed by atoms with Crippen molar-refractivity contribution >= 4 is 10.0 Å². The van der Waals surface area contributed by atoms with Crippen molar-refractivity contribution in [2.24, 2.45) is 0 Å². The summed E-state index contributed by atoms with van der Waals surface area (Å²) < 4.78 is 40.5. The van der Waals surface area contributed by atoms with Gasteiger partial charge in [0.1, 0.15) is 13.2 Å². The molecular formula is C20H22N6O4S. The fraction of sp³-hybridized carbons (Fsp3) is 0.350. The zero-order chi connectivity index (χ0) is 21.3. The van der Waals surface area contributed by atoms with Crippen molar-refractivity contribution < 1.29 is 17.9 Å². The van der Waals surface area contributed by atoms with Crippen LogP contribution in [0.15, 0.2) is 53.4 Å². The van der Waals surface area contributed by atoms with Gasteiger partial charge in [-0.15, -0.1) is 5.10 Å². The van der Waals surface area contributed by atoms with Gasteiger partial charge in [0, 0.05) is 32.2 Å². The van der Waals surface area contributed by atoms with Gasteiger partial charge >= 0.3 is 0 Å². The summed E-state index contributed by atoms with van der Waals surface area (Å²) in [6.45, 7) is 3.39. The van der Waals surface area contributed by atoms with E-state index in [9.17, 15) is 8.42 Å². The molecule has 0 radical (unpaired) electrons. The molecule has 2 aliphatic heterocycles. The van der Waals surface area contributed by atoms with Gasteiger partial charge in [0.2, 0.25) is 10.0 Å². The predicted octanol–water partition coefficient (Wildman–Crippen LogP) is 0.940. The van der Waals surface area contributed by atoms with Crippen LogP contribution in [0, 0.1) is 0 Å². The second kappa shape index (κ2) is 8.25. The number of hydrogen-bond acceptors (Lipinski definition) is 8. The molecule has 3 heterocycles. The van der Waals surface area contributed by atoms with E-state index in [1.54, 1.807) is 22.9 Å². The van der Waals surface area contributed by atoms with Gasteiger partial charge in [-0.1, -0.05) is 18.2 Å². The molecule has 0 spiro atoms. The van der Waals surface area contributed by atoms with E-state index in [-0.39, 0.29) is 4.90 Å². The van der Waals surface area contributed by atoms with Gasteiger partial charge in [0.15, 0.2) is 17.3 Å². The van der Waals surface area contributed by atoms with Gasteiger partial charge in [-0.3, -0.25) is 4.90 Å². The number of tetrazole rings is 1. The Labute approximate surface area is 180 Å². The summed E-state index contributed by atoms with van der Waals surface area (Å²) in [6, 6.07) is 14.5. The van der Waals surface area contributed by atoms with Crippen LogP contribution in [-0.2, 0) is 16.6 Å². The number of para-hydroxylation sites is 1. The standard InChI is InChI=1S/C20H22N6O4S/c27-31(28,17-6-7-18-19(14-17)30-13-12-29-18)25-10-8-24(9-11-25)15-20-21-22-23-26(20)16-4-2-1-3-5-16/h1-7,14H,8-13,15H2. The van der Waals surface area contributed by atoms with E-state index in [4.69, 9.17) is 9.47 Å². The Balaban J connectivity index is 1.25. The largest absolute Gasteiger partial charge is 0.486 e. The van der Waals surface area contributed by atoms with Gasteiger partial charge in [-0.25, -0.2) is 8.42 Å². The zero-order valence-corrected chi connectivity index (χ0v) is 17.6. The predicted molar refractivity (Wildman–Crippen MR) is 111 cm³/mol. The lowest BCUT2D eigenvalue weighted by atomic mass is 10.3. The molecule has 0 atom stereocenters. The van der Waals surface area contributed by atoms with Crippen molar-refractivity contribution in [2.45, 2.75) is 11.4 Å². The number of aromatic nitrogens is 4. The van der Waals surface area contributed by atoms with Crippen LogP contribution in [0.25, 0.3) is 5.69 Å². The number of ether oxygens (including phenoxy) is 2. The van der Waals surface area contributed by atoms with Crippen LogP contribution in [0.2, 0.25) is 0 Å². The molecule has 0 N–H and O–H groups in total. The van der Waals surface area contributed by atoms with Crippen LogP contribution in [0.5, 0.6) is 11.5 Å². The molecule has 1 aromatic heterocycles. The number of benzene rings is 2. The van der Waals surface area contributed by atoms with Gasteiger partial charge in [-0.2, -0.15) is 8.99 Å². The van der Waals surface area contributed by atoms with E-state index < -0.39 is 10.0 Å². The molecule has 11 heteroatoms. The van der Waals surface area contributed by atoms with Crippen LogP contribution < -0.4 is 9.47 Å². The molecule has 0 amide bonds. The van der Waals surface area contributed by atoms with Crippen LogP contribution in [0.1, 0.15) is 5.82 Å². The maximum Gasteiger partial charge on any atom is 0.243 e. The second-order valence-electron chi connectivity index (χ2n) is 7.33. The molecule has 1 fully saturated rings. The highest BCUT2D eigenvalue weighted by Gasteiger charge is 2.30. The van der Waals surface area contributed by atoms with Crippen LogP contribution in [0.3, 0.4) is 0 Å². The van der Waals surface area contributed by atoms with Crippen molar-refractivity contribution in [2.75, 3.05) is 39.4 Å². The second-order valence-corrected chi connectivity index (χ2v) is 9.27. The van der Waals surface area contributed by atoms with Crippen molar-refractivity contribution in [1.82, 2.24) is 29.4 Å². The first-order valence-electron chi connectivity index (χ1n) is 10.1. The number of nitrogens with zero attached hydrogens (tertiary/aromatic N) is 6. The van der Waals surface area contributed by atoms with Crippen LogP contribution in [0.4, 0.5) is 0 Å². The van der Waals surface area contributed by atoms with Crippen LogP contribution in [-0.4, -0.2) is 77.2 Å². The van der Waals surface area contributed by atoms with E-state index in [0.717, 1.165) is 5.69 Å². The average Bonchev–Trinajstić information content (AvgIpc) is 3.28. The molecule has 31 heavy (non-hydrogen) atoms. The lowest BCUT2D eigenvalue weighted by molar-refractivity contribution is 0.170. The summed E-state index contributed by atoms with van der Waals surface area (Å²) in [7, 11) is -3.61. The molecule has 2 aliphatic rings. The Morgan fingerprint density at radius 1 is 0.903 bits per heavy atom. The first-order chi connectivity index (χ1) is 15.1. The molecule has 3 aromatic rings. The third-order valence-electron chi connectivity index (χ3n) is 5.38. The highest BCUT2D eigenvalue weighted by Crippen LogP contribution is 2.33.